The summed E-state index contributed by atoms with van der Waals surface area (Å²) in [7, 11) is 0. The van der Waals surface area contributed by atoms with Gasteiger partial charge in [0.25, 0.3) is 0 Å². The van der Waals surface area contributed by atoms with Gasteiger partial charge in [-0.1, -0.05) is 60.6 Å². The standard InChI is InChI=1S/C22H36O2/c1-15(2)19-8-9-20(16(3)4)21(14-19)23-24-22(17(5)6)12-10-18(7)11-13-22/h8-9,14-18H,10-13H2,1-7H3. The molecular formula is C22H36O2. The van der Waals surface area contributed by atoms with Crippen molar-refractivity contribution in [2.75, 3.05) is 0 Å². The Bertz CT molecular complexity index is 523. The Labute approximate surface area is 148 Å². The van der Waals surface area contributed by atoms with E-state index in [1.54, 1.807) is 0 Å². The molecule has 1 aliphatic rings. The van der Waals surface area contributed by atoms with E-state index in [-0.39, 0.29) is 5.60 Å². The van der Waals surface area contributed by atoms with Crippen molar-refractivity contribution in [1.82, 2.24) is 0 Å². The molecule has 0 saturated heterocycles. The third-order valence-electron chi connectivity index (χ3n) is 5.80. The number of hydrogen-bond acceptors (Lipinski definition) is 2. The van der Waals surface area contributed by atoms with Gasteiger partial charge in [0.15, 0.2) is 5.75 Å². The molecule has 0 heterocycles. The molecule has 136 valence electrons. The molecule has 0 unspecified atom stereocenters. The molecule has 1 aliphatic carbocycles. The summed E-state index contributed by atoms with van der Waals surface area (Å²) in [6, 6.07) is 6.58. The van der Waals surface area contributed by atoms with E-state index >= 15 is 0 Å². The third kappa shape index (κ3) is 4.33. The second-order valence-electron chi connectivity index (χ2n) is 8.68. The van der Waals surface area contributed by atoms with Crippen molar-refractivity contribution < 1.29 is 9.78 Å². The second kappa shape index (κ2) is 7.91. The molecule has 1 aromatic rings. The molecule has 1 saturated carbocycles. The molecule has 0 aromatic heterocycles. The van der Waals surface area contributed by atoms with Gasteiger partial charge in [-0.15, -0.1) is 0 Å². The van der Waals surface area contributed by atoms with Crippen LogP contribution in [-0.4, -0.2) is 5.60 Å². The van der Waals surface area contributed by atoms with Crippen molar-refractivity contribution in [2.45, 2.75) is 91.6 Å². The molecule has 0 spiro atoms. The van der Waals surface area contributed by atoms with Crippen LogP contribution < -0.4 is 4.89 Å². The average Bonchev–Trinajstić information content (AvgIpc) is 2.54. The molecule has 0 radical (unpaired) electrons. The van der Waals surface area contributed by atoms with Gasteiger partial charge in [0.05, 0.1) is 0 Å². The largest absolute Gasteiger partial charge is 0.337 e. The van der Waals surface area contributed by atoms with Gasteiger partial charge >= 0.3 is 0 Å². The van der Waals surface area contributed by atoms with Gasteiger partial charge < -0.3 is 4.89 Å². The number of rotatable bonds is 6. The highest BCUT2D eigenvalue weighted by atomic mass is 17.2. The van der Waals surface area contributed by atoms with E-state index in [1.165, 1.54) is 24.0 Å². The Morgan fingerprint density at radius 2 is 1.58 bits per heavy atom. The Morgan fingerprint density at radius 1 is 0.958 bits per heavy atom. The Kier molecular flexibility index (Phi) is 6.36. The first-order valence-corrected chi connectivity index (χ1v) is 9.74. The van der Waals surface area contributed by atoms with E-state index in [1.807, 2.05) is 0 Å². The summed E-state index contributed by atoms with van der Waals surface area (Å²) in [5.41, 5.74) is 2.38. The maximum absolute atomic E-state index is 6.19. The van der Waals surface area contributed by atoms with Crippen LogP contribution in [0.3, 0.4) is 0 Å². The summed E-state index contributed by atoms with van der Waals surface area (Å²) < 4.78 is 0. The maximum atomic E-state index is 6.19. The zero-order valence-corrected chi connectivity index (χ0v) is 16.7. The molecule has 24 heavy (non-hydrogen) atoms. The minimum absolute atomic E-state index is 0.144. The molecule has 0 N–H and O–H groups in total. The normalized spacial score (nSPS) is 24.8. The van der Waals surface area contributed by atoms with Gasteiger partial charge in [0.1, 0.15) is 5.60 Å². The average molecular weight is 333 g/mol. The Balaban J connectivity index is 2.21. The van der Waals surface area contributed by atoms with E-state index in [0.717, 1.165) is 24.5 Å². The minimum Gasteiger partial charge on any atom is -0.337 e. The quantitative estimate of drug-likeness (QED) is 0.419. The van der Waals surface area contributed by atoms with Gasteiger partial charge in [-0.25, -0.2) is 0 Å². The van der Waals surface area contributed by atoms with Crippen molar-refractivity contribution in [3.63, 3.8) is 0 Å². The SMILES string of the molecule is CC1CCC(OOc2cc(C(C)C)ccc2C(C)C)(C(C)C)CC1. The molecule has 1 fully saturated rings. The van der Waals surface area contributed by atoms with E-state index in [2.05, 4.69) is 66.7 Å². The van der Waals surface area contributed by atoms with Gasteiger partial charge in [-0.3, -0.25) is 0 Å². The summed E-state index contributed by atoms with van der Waals surface area (Å²) in [5, 5.41) is 0. The van der Waals surface area contributed by atoms with Crippen LogP contribution in [0.25, 0.3) is 0 Å². The molecule has 2 rings (SSSR count). The second-order valence-corrected chi connectivity index (χ2v) is 8.68. The van der Waals surface area contributed by atoms with Crippen LogP contribution in [0.5, 0.6) is 5.75 Å². The Hall–Kier alpha value is -1.02. The van der Waals surface area contributed by atoms with Crippen LogP contribution in [0.15, 0.2) is 18.2 Å². The lowest BCUT2D eigenvalue weighted by Crippen LogP contribution is -2.42. The molecule has 1 aromatic carbocycles. The van der Waals surface area contributed by atoms with Crippen LogP contribution in [-0.2, 0) is 4.89 Å². The van der Waals surface area contributed by atoms with Crippen LogP contribution in [0.2, 0.25) is 0 Å². The van der Waals surface area contributed by atoms with Gasteiger partial charge in [0.2, 0.25) is 0 Å². The summed E-state index contributed by atoms with van der Waals surface area (Å²) in [5.74, 6) is 3.07. The first-order chi connectivity index (χ1) is 11.2. The molecule has 0 amide bonds. The summed E-state index contributed by atoms with van der Waals surface area (Å²) in [4.78, 5) is 12.2. The summed E-state index contributed by atoms with van der Waals surface area (Å²) in [6.07, 6.45) is 4.63. The number of hydrogen-bond donors (Lipinski definition) is 0. The molecule has 2 nitrogen and oxygen atoms in total. The minimum atomic E-state index is -0.144. The summed E-state index contributed by atoms with van der Waals surface area (Å²) in [6.45, 7) is 15.7. The van der Waals surface area contributed by atoms with E-state index in [4.69, 9.17) is 9.78 Å². The topological polar surface area (TPSA) is 18.5 Å². The zero-order valence-electron chi connectivity index (χ0n) is 16.7. The van der Waals surface area contributed by atoms with Crippen molar-refractivity contribution in [3.8, 4) is 5.75 Å². The lowest BCUT2D eigenvalue weighted by atomic mass is 9.74. The highest BCUT2D eigenvalue weighted by Crippen LogP contribution is 2.41. The van der Waals surface area contributed by atoms with Gasteiger partial charge in [0, 0.05) is 5.56 Å². The fourth-order valence-corrected chi connectivity index (χ4v) is 3.59. The monoisotopic (exact) mass is 332 g/mol. The van der Waals surface area contributed by atoms with Gasteiger partial charge in [-0.05, 0) is 61.0 Å². The molecule has 2 heteroatoms. The van der Waals surface area contributed by atoms with Crippen molar-refractivity contribution >= 4 is 0 Å². The predicted octanol–water partition coefficient (Wildman–Crippen LogP) is 6.85. The zero-order chi connectivity index (χ0) is 17.9. The summed E-state index contributed by atoms with van der Waals surface area (Å²) >= 11 is 0. The smallest absolute Gasteiger partial charge is 0.169 e. The van der Waals surface area contributed by atoms with Crippen molar-refractivity contribution in [3.05, 3.63) is 29.3 Å². The van der Waals surface area contributed by atoms with Crippen LogP contribution in [0.1, 0.15) is 97.1 Å². The highest BCUT2D eigenvalue weighted by Gasteiger charge is 2.40. The van der Waals surface area contributed by atoms with Crippen LogP contribution >= 0.6 is 0 Å². The van der Waals surface area contributed by atoms with Crippen LogP contribution in [0, 0.1) is 11.8 Å². The van der Waals surface area contributed by atoms with E-state index in [0.29, 0.717) is 17.8 Å². The molecular weight excluding hydrogens is 296 g/mol. The van der Waals surface area contributed by atoms with Crippen LogP contribution in [0.4, 0.5) is 0 Å². The first kappa shape index (κ1) is 19.3. The van der Waals surface area contributed by atoms with E-state index in [9.17, 15) is 0 Å². The fraction of sp³-hybridized carbons (Fsp3) is 0.727. The lowest BCUT2D eigenvalue weighted by Gasteiger charge is -2.40. The third-order valence-corrected chi connectivity index (χ3v) is 5.80. The predicted molar refractivity (Wildman–Crippen MR) is 102 cm³/mol. The molecule has 0 aliphatic heterocycles. The maximum Gasteiger partial charge on any atom is 0.169 e. The highest BCUT2D eigenvalue weighted by molar-refractivity contribution is 5.40. The van der Waals surface area contributed by atoms with Crippen molar-refractivity contribution in [1.29, 1.82) is 0 Å². The van der Waals surface area contributed by atoms with Gasteiger partial charge in [-0.2, -0.15) is 4.89 Å². The van der Waals surface area contributed by atoms with Crippen molar-refractivity contribution in [2.24, 2.45) is 11.8 Å². The lowest BCUT2D eigenvalue weighted by molar-refractivity contribution is -0.316. The molecule has 0 atom stereocenters. The van der Waals surface area contributed by atoms with E-state index < -0.39 is 0 Å². The number of benzene rings is 1. The fourth-order valence-electron chi connectivity index (χ4n) is 3.59. The Morgan fingerprint density at radius 3 is 2.08 bits per heavy atom. The molecule has 0 bridgehead atoms. The first-order valence-electron chi connectivity index (χ1n) is 9.74.